The van der Waals surface area contributed by atoms with E-state index >= 15 is 0 Å². The van der Waals surface area contributed by atoms with Crippen molar-refractivity contribution in [2.75, 3.05) is 12.3 Å². The van der Waals surface area contributed by atoms with Crippen molar-refractivity contribution < 1.29 is 4.21 Å². The molecule has 0 amide bonds. The van der Waals surface area contributed by atoms with Crippen LogP contribution < -0.4 is 5.32 Å². The predicted molar refractivity (Wildman–Crippen MR) is 81.5 cm³/mol. The van der Waals surface area contributed by atoms with Crippen LogP contribution in [0.15, 0.2) is 29.3 Å². The Hall–Kier alpha value is -1.04. The molecule has 1 fully saturated rings. The van der Waals surface area contributed by atoms with Crippen molar-refractivity contribution in [2.45, 2.75) is 30.3 Å². The van der Waals surface area contributed by atoms with Gasteiger partial charge >= 0.3 is 0 Å². The molecule has 6 heteroatoms. The molecule has 0 radical (unpaired) electrons. The summed E-state index contributed by atoms with van der Waals surface area (Å²) < 4.78 is 12.5. The van der Waals surface area contributed by atoms with Crippen LogP contribution in [0.5, 0.6) is 0 Å². The molecule has 0 saturated carbocycles. The SMILES string of the molecule is O=[S@](C[C@H]1CCCCN1)c1nc2ccccc2nc1Cl. The lowest BCUT2D eigenvalue weighted by atomic mass is 10.1. The summed E-state index contributed by atoms with van der Waals surface area (Å²) in [5.74, 6) is 0.548. The van der Waals surface area contributed by atoms with E-state index in [1.54, 1.807) is 0 Å². The number of rotatable bonds is 3. The Balaban J connectivity index is 1.84. The van der Waals surface area contributed by atoms with Crippen LogP contribution in [-0.4, -0.2) is 32.5 Å². The van der Waals surface area contributed by atoms with E-state index in [0.29, 0.717) is 10.8 Å². The molecular weight excluding hydrogens is 294 g/mol. The van der Waals surface area contributed by atoms with E-state index in [4.69, 9.17) is 11.6 Å². The first-order valence-electron chi connectivity index (χ1n) is 6.78. The Bertz CT molecular complexity index is 643. The second-order valence-corrected chi connectivity index (χ2v) is 6.74. The molecule has 0 unspecified atom stereocenters. The molecule has 4 nitrogen and oxygen atoms in total. The van der Waals surface area contributed by atoms with E-state index in [9.17, 15) is 4.21 Å². The molecule has 1 aliphatic rings. The highest BCUT2D eigenvalue weighted by atomic mass is 35.5. The number of para-hydroxylation sites is 2. The first kappa shape index (κ1) is 13.9. The van der Waals surface area contributed by atoms with E-state index in [0.717, 1.165) is 24.0 Å². The van der Waals surface area contributed by atoms with Crippen LogP contribution in [0, 0.1) is 0 Å². The Morgan fingerprint density at radius 2 is 2.00 bits per heavy atom. The molecule has 1 aliphatic heterocycles. The van der Waals surface area contributed by atoms with Crippen molar-refractivity contribution in [3.8, 4) is 0 Å². The van der Waals surface area contributed by atoms with Gasteiger partial charge in [-0.3, -0.25) is 4.21 Å². The molecule has 3 rings (SSSR count). The molecule has 0 aliphatic carbocycles. The molecule has 20 heavy (non-hydrogen) atoms. The highest BCUT2D eigenvalue weighted by molar-refractivity contribution is 7.85. The highest BCUT2D eigenvalue weighted by Crippen LogP contribution is 2.21. The maximum absolute atomic E-state index is 12.5. The van der Waals surface area contributed by atoms with Gasteiger partial charge < -0.3 is 5.32 Å². The molecule has 2 aromatic rings. The molecule has 1 aromatic heterocycles. The number of nitrogens with one attached hydrogen (secondary N) is 1. The van der Waals surface area contributed by atoms with E-state index in [1.165, 1.54) is 12.8 Å². The summed E-state index contributed by atoms with van der Waals surface area (Å²) in [6.45, 7) is 0.999. The van der Waals surface area contributed by atoms with E-state index in [-0.39, 0.29) is 11.2 Å². The zero-order valence-electron chi connectivity index (χ0n) is 11.0. The molecule has 106 valence electrons. The summed E-state index contributed by atoms with van der Waals surface area (Å²) in [6.07, 6.45) is 3.44. The maximum atomic E-state index is 12.5. The number of nitrogens with zero attached hydrogens (tertiary/aromatic N) is 2. The fourth-order valence-electron chi connectivity index (χ4n) is 2.44. The van der Waals surface area contributed by atoms with E-state index < -0.39 is 10.8 Å². The maximum Gasteiger partial charge on any atom is 0.165 e. The summed E-state index contributed by atoms with van der Waals surface area (Å²) >= 11 is 6.13. The average molecular weight is 310 g/mol. The Morgan fingerprint density at radius 3 is 2.70 bits per heavy atom. The van der Waals surface area contributed by atoms with Crippen LogP contribution in [0.1, 0.15) is 19.3 Å². The molecule has 1 N–H and O–H groups in total. The minimum atomic E-state index is -1.22. The number of hydrogen-bond donors (Lipinski definition) is 1. The second-order valence-electron chi connectivity index (χ2n) is 4.97. The van der Waals surface area contributed by atoms with Crippen molar-refractivity contribution in [1.82, 2.24) is 15.3 Å². The third-order valence-corrected chi connectivity index (χ3v) is 5.28. The average Bonchev–Trinajstić information content (AvgIpc) is 2.47. The minimum absolute atomic E-state index is 0.248. The molecule has 1 aromatic carbocycles. The van der Waals surface area contributed by atoms with Gasteiger partial charge in [0.05, 0.1) is 21.8 Å². The van der Waals surface area contributed by atoms with Gasteiger partial charge in [-0.2, -0.15) is 0 Å². The van der Waals surface area contributed by atoms with Crippen LogP contribution in [-0.2, 0) is 10.8 Å². The highest BCUT2D eigenvalue weighted by Gasteiger charge is 2.20. The number of halogens is 1. The fraction of sp³-hybridized carbons (Fsp3) is 0.429. The third kappa shape index (κ3) is 3.00. The van der Waals surface area contributed by atoms with Gasteiger partial charge in [-0.05, 0) is 31.5 Å². The number of piperidine rings is 1. The van der Waals surface area contributed by atoms with Gasteiger partial charge in [-0.1, -0.05) is 30.2 Å². The van der Waals surface area contributed by atoms with Gasteiger partial charge in [0.15, 0.2) is 10.2 Å². The molecule has 0 spiro atoms. The van der Waals surface area contributed by atoms with Gasteiger partial charge in [-0.15, -0.1) is 0 Å². The Kier molecular flexibility index (Phi) is 4.29. The predicted octanol–water partition coefficient (Wildman–Crippen LogP) is 2.53. The number of hydrogen-bond acceptors (Lipinski definition) is 4. The van der Waals surface area contributed by atoms with Crippen LogP contribution in [0.2, 0.25) is 5.15 Å². The van der Waals surface area contributed by atoms with Crippen molar-refractivity contribution in [3.05, 3.63) is 29.4 Å². The van der Waals surface area contributed by atoms with Crippen LogP contribution >= 0.6 is 11.6 Å². The Morgan fingerprint density at radius 1 is 1.25 bits per heavy atom. The van der Waals surface area contributed by atoms with Gasteiger partial charge in [0.2, 0.25) is 0 Å². The van der Waals surface area contributed by atoms with Gasteiger partial charge in [0.1, 0.15) is 0 Å². The number of benzene rings is 1. The number of fused-ring (bicyclic) bond motifs is 1. The zero-order valence-corrected chi connectivity index (χ0v) is 12.6. The first-order chi connectivity index (χ1) is 9.74. The first-order valence-corrected chi connectivity index (χ1v) is 8.48. The van der Waals surface area contributed by atoms with Gasteiger partial charge in [0, 0.05) is 11.8 Å². The van der Waals surface area contributed by atoms with Gasteiger partial charge in [0.25, 0.3) is 0 Å². The normalized spacial score (nSPS) is 20.9. The zero-order chi connectivity index (χ0) is 13.9. The lowest BCUT2D eigenvalue weighted by Gasteiger charge is -2.22. The smallest absolute Gasteiger partial charge is 0.165 e. The van der Waals surface area contributed by atoms with Crippen LogP contribution in [0.3, 0.4) is 0 Å². The monoisotopic (exact) mass is 309 g/mol. The van der Waals surface area contributed by atoms with Crippen molar-refractivity contribution in [2.24, 2.45) is 0 Å². The largest absolute Gasteiger partial charge is 0.313 e. The fourth-order valence-corrected chi connectivity index (χ4v) is 4.07. The number of aromatic nitrogens is 2. The molecule has 1 saturated heterocycles. The van der Waals surface area contributed by atoms with Crippen LogP contribution in [0.25, 0.3) is 11.0 Å². The standard InChI is InChI=1S/C14H16ClN3OS/c15-13-14(18-12-7-2-1-6-11(12)17-13)20(19)9-10-5-3-4-8-16-10/h1-2,6-7,10,16H,3-5,8-9H2/t10-,20-/m1/s1. The summed E-state index contributed by atoms with van der Waals surface area (Å²) in [7, 11) is -1.22. The quantitative estimate of drug-likeness (QED) is 0.946. The summed E-state index contributed by atoms with van der Waals surface area (Å²) in [4.78, 5) is 8.70. The summed E-state index contributed by atoms with van der Waals surface area (Å²) in [6, 6.07) is 7.77. The Labute approximate surface area is 125 Å². The summed E-state index contributed by atoms with van der Waals surface area (Å²) in [5.41, 5.74) is 1.46. The minimum Gasteiger partial charge on any atom is -0.313 e. The lowest BCUT2D eigenvalue weighted by molar-refractivity contribution is 0.427. The topological polar surface area (TPSA) is 54.9 Å². The molecule has 2 heterocycles. The van der Waals surface area contributed by atoms with Crippen molar-refractivity contribution in [1.29, 1.82) is 0 Å². The van der Waals surface area contributed by atoms with E-state index in [2.05, 4.69) is 15.3 Å². The van der Waals surface area contributed by atoms with Crippen molar-refractivity contribution in [3.63, 3.8) is 0 Å². The van der Waals surface area contributed by atoms with Crippen molar-refractivity contribution >= 4 is 33.4 Å². The second kappa shape index (κ2) is 6.16. The molecular formula is C14H16ClN3OS. The molecule has 0 bridgehead atoms. The lowest BCUT2D eigenvalue weighted by Crippen LogP contribution is -2.38. The van der Waals surface area contributed by atoms with Gasteiger partial charge in [-0.25, -0.2) is 9.97 Å². The third-order valence-electron chi connectivity index (χ3n) is 3.48. The summed E-state index contributed by atoms with van der Waals surface area (Å²) in [5, 5.41) is 4.04. The van der Waals surface area contributed by atoms with Crippen LogP contribution in [0.4, 0.5) is 0 Å². The molecule has 2 atom stereocenters. The van der Waals surface area contributed by atoms with E-state index in [1.807, 2.05) is 24.3 Å².